The van der Waals surface area contributed by atoms with Crippen LogP contribution in [0.15, 0.2) is 30.6 Å². The van der Waals surface area contributed by atoms with Gasteiger partial charge in [-0.2, -0.15) is 0 Å². The van der Waals surface area contributed by atoms with Crippen molar-refractivity contribution < 1.29 is 24.0 Å². The first kappa shape index (κ1) is 24.4. The Labute approximate surface area is 203 Å². The van der Waals surface area contributed by atoms with Gasteiger partial charge in [-0.25, -0.2) is 19.6 Å². The van der Waals surface area contributed by atoms with Gasteiger partial charge in [-0.05, 0) is 45.2 Å². The van der Waals surface area contributed by atoms with Crippen molar-refractivity contribution in [3.8, 4) is 0 Å². The van der Waals surface area contributed by atoms with E-state index in [1.807, 2.05) is 27.7 Å². The number of nitrogens with zero attached hydrogens (tertiary/aromatic N) is 5. The molecule has 0 N–H and O–H groups in total. The topological polar surface area (TPSA) is 128 Å². The second-order valence-corrected chi connectivity index (χ2v) is 9.79. The average molecular weight is 484 g/mol. The number of benzene rings is 1. The van der Waals surface area contributed by atoms with Gasteiger partial charge in [-0.3, -0.25) is 10.1 Å². The number of carbonyl (C=O) groups excluding carboxylic acids is 2. The van der Waals surface area contributed by atoms with Crippen LogP contribution in [0.3, 0.4) is 0 Å². The number of ether oxygens (including phenoxy) is 2. The van der Waals surface area contributed by atoms with Gasteiger partial charge in [-0.15, -0.1) is 0 Å². The summed E-state index contributed by atoms with van der Waals surface area (Å²) in [6.45, 7) is 9.81. The van der Waals surface area contributed by atoms with E-state index in [0.717, 1.165) is 11.4 Å². The molecule has 0 radical (unpaired) electrons. The number of anilines is 1. The van der Waals surface area contributed by atoms with Crippen molar-refractivity contribution in [1.29, 1.82) is 0 Å². The highest BCUT2D eigenvalue weighted by Gasteiger charge is 2.37. The minimum atomic E-state index is -0.559. The van der Waals surface area contributed by atoms with E-state index in [1.165, 1.54) is 30.6 Å². The molecule has 1 saturated heterocycles. The lowest BCUT2D eigenvalue weighted by Gasteiger charge is -2.37. The van der Waals surface area contributed by atoms with Crippen LogP contribution in [-0.4, -0.2) is 63.6 Å². The Morgan fingerprint density at radius 3 is 2.34 bits per heavy atom. The molecule has 0 bridgehead atoms. The summed E-state index contributed by atoms with van der Waals surface area (Å²) in [4.78, 5) is 48.2. The normalized spacial score (nSPS) is 19.8. The molecular weight excluding hydrogens is 454 g/mol. The van der Waals surface area contributed by atoms with Gasteiger partial charge in [0, 0.05) is 43.9 Å². The van der Waals surface area contributed by atoms with Crippen molar-refractivity contribution >= 4 is 23.6 Å². The average Bonchev–Trinajstić information content (AvgIpc) is 3.13. The molecule has 2 aliphatic rings. The summed E-state index contributed by atoms with van der Waals surface area (Å²) in [6.07, 6.45) is 1.18. The molecule has 1 aromatic carbocycles. The van der Waals surface area contributed by atoms with Crippen molar-refractivity contribution in [2.45, 2.75) is 51.7 Å². The van der Waals surface area contributed by atoms with Crippen molar-refractivity contribution in [2.24, 2.45) is 0 Å². The standard InChI is InChI=1S/C24H29N5O6/c1-15-13-18(34-22(30)16-5-7-17(8-6-16)29(32)33)20-19(15)21(26-14-25-20)27-9-11-28(12-10-27)23(31)35-24(2,3)4/h5-8,14-15,18H,9-13H2,1-4H3/t15-,18+/m1/s1. The van der Waals surface area contributed by atoms with Crippen LogP contribution < -0.4 is 4.90 Å². The number of non-ortho nitro benzene ring substituents is 1. The lowest BCUT2D eigenvalue weighted by molar-refractivity contribution is -0.384. The maximum atomic E-state index is 12.7. The number of fused-ring (bicyclic) bond motifs is 1. The van der Waals surface area contributed by atoms with E-state index in [0.29, 0.717) is 38.3 Å². The monoisotopic (exact) mass is 483 g/mol. The smallest absolute Gasteiger partial charge is 0.410 e. The molecule has 11 heteroatoms. The van der Waals surface area contributed by atoms with Gasteiger partial charge in [-0.1, -0.05) is 6.92 Å². The quantitative estimate of drug-likeness (QED) is 0.362. The van der Waals surface area contributed by atoms with Gasteiger partial charge < -0.3 is 19.3 Å². The van der Waals surface area contributed by atoms with Crippen LogP contribution in [0, 0.1) is 10.1 Å². The zero-order valence-electron chi connectivity index (χ0n) is 20.3. The highest BCUT2D eigenvalue weighted by atomic mass is 16.6. The van der Waals surface area contributed by atoms with Gasteiger partial charge in [0.1, 0.15) is 23.9 Å². The SMILES string of the molecule is C[C@@H]1C[C@H](OC(=O)c2ccc([N+](=O)[O-])cc2)c2ncnc(N3CCN(C(=O)OC(C)(C)C)CC3)c21. The molecule has 0 unspecified atom stereocenters. The first-order valence-corrected chi connectivity index (χ1v) is 11.6. The predicted molar refractivity (Wildman–Crippen MR) is 126 cm³/mol. The number of amides is 1. The summed E-state index contributed by atoms with van der Waals surface area (Å²) >= 11 is 0. The molecule has 1 amide bonds. The van der Waals surface area contributed by atoms with Crippen LogP contribution in [0.25, 0.3) is 0 Å². The van der Waals surface area contributed by atoms with Crippen LogP contribution in [0.4, 0.5) is 16.3 Å². The number of rotatable bonds is 4. The molecule has 2 heterocycles. The van der Waals surface area contributed by atoms with Crippen LogP contribution in [-0.2, 0) is 9.47 Å². The number of hydrogen-bond acceptors (Lipinski definition) is 9. The molecule has 2 atom stereocenters. The number of carbonyl (C=O) groups is 2. The molecule has 1 aliphatic carbocycles. The Hall–Kier alpha value is -3.76. The Balaban J connectivity index is 1.45. The van der Waals surface area contributed by atoms with Crippen LogP contribution in [0.5, 0.6) is 0 Å². The number of piperazine rings is 1. The highest BCUT2D eigenvalue weighted by molar-refractivity contribution is 5.89. The van der Waals surface area contributed by atoms with Gasteiger partial charge in [0.2, 0.25) is 0 Å². The molecular formula is C24H29N5O6. The van der Waals surface area contributed by atoms with E-state index in [2.05, 4.69) is 14.9 Å². The Morgan fingerprint density at radius 2 is 1.74 bits per heavy atom. The number of nitro groups is 1. The van der Waals surface area contributed by atoms with Crippen molar-refractivity contribution in [1.82, 2.24) is 14.9 Å². The first-order valence-electron chi connectivity index (χ1n) is 11.6. The lowest BCUT2D eigenvalue weighted by Crippen LogP contribution is -2.50. The van der Waals surface area contributed by atoms with Gasteiger partial charge in [0.25, 0.3) is 5.69 Å². The van der Waals surface area contributed by atoms with Crippen LogP contribution >= 0.6 is 0 Å². The fourth-order valence-corrected chi connectivity index (χ4v) is 4.38. The third kappa shape index (κ3) is 5.33. The fourth-order valence-electron chi connectivity index (χ4n) is 4.38. The fraction of sp³-hybridized carbons (Fsp3) is 0.500. The van der Waals surface area contributed by atoms with Gasteiger partial charge in [0.05, 0.1) is 16.2 Å². The largest absolute Gasteiger partial charge is 0.452 e. The van der Waals surface area contributed by atoms with E-state index in [1.54, 1.807) is 4.90 Å². The van der Waals surface area contributed by atoms with E-state index in [9.17, 15) is 19.7 Å². The molecule has 35 heavy (non-hydrogen) atoms. The van der Waals surface area contributed by atoms with E-state index in [4.69, 9.17) is 9.47 Å². The molecule has 0 spiro atoms. The zero-order valence-corrected chi connectivity index (χ0v) is 20.3. The van der Waals surface area contributed by atoms with Crippen molar-refractivity contribution in [3.63, 3.8) is 0 Å². The third-order valence-corrected chi connectivity index (χ3v) is 6.05. The highest BCUT2D eigenvalue weighted by Crippen LogP contribution is 2.45. The Kier molecular flexibility index (Phi) is 6.60. The van der Waals surface area contributed by atoms with E-state index >= 15 is 0 Å². The third-order valence-electron chi connectivity index (χ3n) is 6.05. The van der Waals surface area contributed by atoms with Gasteiger partial charge >= 0.3 is 12.1 Å². The zero-order chi connectivity index (χ0) is 25.3. The minimum Gasteiger partial charge on any atom is -0.452 e. The molecule has 1 fully saturated rings. The summed E-state index contributed by atoms with van der Waals surface area (Å²) in [7, 11) is 0. The second-order valence-electron chi connectivity index (χ2n) is 9.79. The molecule has 1 aromatic heterocycles. The Bertz CT molecular complexity index is 1120. The first-order chi connectivity index (χ1) is 16.5. The summed E-state index contributed by atoms with van der Waals surface area (Å²) in [5, 5.41) is 10.8. The minimum absolute atomic E-state index is 0.0692. The van der Waals surface area contributed by atoms with Crippen molar-refractivity contribution in [3.05, 3.63) is 57.5 Å². The summed E-state index contributed by atoms with van der Waals surface area (Å²) in [5.74, 6) is 0.302. The maximum Gasteiger partial charge on any atom is 0.410 e. The van der Waals surface area contributed by atoms with Crippen LogP contribution in [0.1, 0.15) is 67.8 Å². The molecule has 1 aliphatic heterocycles. The summed E-state index contributed by atoms with van der Waals surface area (Å²) in [5.41, 5.74) is 1.22. The summed E-state index contributed by atoms with van der Waals surface area (Å²) in [6, 6.07) is 5.32. The number of hydrogen-bond donors (Lipinski definition) is 0. The number of esters is 1. The molecule has 11 nitrogen and oxygen atoms in total. The van der Waals surface area contributed by atoms with Crippen molar-refractivity contribution in [2.75, 3.05) is 31.1 Å². The van der Waals surface area contributed by atoms with Gasteiger partial charge in [0.15, 0.2) is 0 Å². The second kappa shape index (κ2) is 9.47. The maximum absolute atomic E-state index is 12.7. The Morgan fingerprint density at radius 1 is 1.09 bits per heavy atom. The van der Waals surface area contributed by atoms with Crippen LogP contribution in [0.2, 0.25) is 0 Å². The van der Waals surface area contributed by atoms with E-state index in [-0.39, 0.29) is 23.3 Å². The lowest BCUT2D eigenvalue weighted by atomic mass is 10.1. The number of nitro benzene ring substituents is 1. The molecule has 2 aromatic rings. The van der Waals surface area contributed by atoms with E-state index < -0.39 is 22.6 Å². The molecule has 4 rings (SSSR count). The number of aromatic nitrogens is 2. The summed E-state index contributed by atoms with van der Waals surface area (Å²) < 4.78 is 11.2. The predicted octanol–water partition coefficient (Wildman–Crippen LogP) is 3.85. The molecule has 0 saturated carbocycles. The molecule has 186 valence electrons.